The molecule has 0 fully saturated rings. The molecule has 0 radical (unpaired) electrons. The molecule has 0 aliphatic rings. The number of benzene rings is 2. The van der Waals surface area contributed by atoms with E-state index < -0.39 is 28.8 Å². The number of hydrogen-bond acceptors (Lipinski definition) is 5. The molecule has 32 heavy (non-hydrogen) atoms. The van der Waals surface area contributed by atoms with Crippen molar-refractivity contribution in [3.05, 3.63) is 77.5 Å². The Hall–Kier alpha value is -4.06. The molecule has 1 amide bonds. The monoisotopic (exact) mass is 440 g/mol. The summed E-state index contributed by atoms with van der Waals surface area (Å²) in [5.74, 6) is -1.15. The summed E-state index contributed by atoms with van der Waals surface area (Å²) in [6.07, 6.45) is -3.42. The van der Waals surface area contributed by atoms with Crippen LogP contribution in [0.25, 0.3) is 0 Å². The molecule has 2 aromatic carbocycles. The number of nitriles is 1. The van der Waals surface area contributed by atoms with Gasteiger partial charge in [-0.3, -0.25) is 4.79 Å². The number of aromatic nitrogens is 1. The smallest absolute Gasteiger partial charge is 0.419 e. The maximum atomic E-state index is 13.4. The molecule has 0 aliphatic carbocycles. The predicted octanol–water partition coefficient (Wildman–Crippen LogP) is 5.53. The topological polar surface area (TPSA) is 101 Å². The average molecular weight is 440 g/mol. The van der Waals surface area contributed by atoms with E-state index in [4.69, 9.17) is 10.5 Å². The highest BCUT2D eigenvalue weighted by molar-refractivity contribution is 6.04. The lowest BCUT2D eigenvalue weighted by atomic mass is 9.85. The molecule has 9 heteroatoms. The zero-order valence-corrected chi connectivity index (χ0v) is 17.2. The first-order valence-electron chi connectivity index (χ1n) is 9.43. The van der Waals surface area contributed by atoms with Crippen molar-refractivity contribution >= 4 is 17.3 Å². The Morgan fingerprint density at radius 3 is 2.50 bits per heavy atom. The molecule has 0 aliphatic heterocycles. The summed E-state index contributed by atoms with van der Waals surface area (Å²) < 4.78 is 45.6. The molecule has 1 aromatic heterocycles. The molecule has 3 aromatic rings. The Balaban J connectivity index is 1.90. The van der Waals surface area contributed by atoms with Crippen molar-refractivity contribution in [2.24, 2.45) is 0 Å². The number of ether oxygens (including phenoxy) is 1. The van der Waals surface area contributed by atoms with Crippen LogP contribution in [0, 0.1) is 11.3 Å². The molecule has 0 saturated carbocycles. The van der Waals surface area contributed by atoms with Gasteiger partial charge in [0.25, 0.3) is 5.91 Å². The van der Waals surface area contributed by atoms with Crippen molar-refractivity contribution in [2.45, 2.75) is 25.4 Å². The third-order valence-electron chi connectivity index (χ3n) is 4.64. The minimum atomic E-state index is -4.68. The lowest BCUT2D eigenvalue weighted by molar-refractivity contribution is -0.138. The fourth-order valence-electron chi connectivity index (χ4n) is 2.80. The van der Waals surface area contributed by atoms with E-state index in [-0.39, 0.29) is 17.1 Å². The largest absolute Gasteiger partial charge is 0.438 e. The first-order valence-corrected chi connectivity index (χ1v) is 9.43. The lowest BCUT2D eigenvalue weighted by Gasteiger charge is -2.17. The van der Waals surface area contributed by atoms with Crippen molar-refractivity contribution in [3.8, 4) is 17.7 Å². The minimum Gasteiger partial charge on any atom is -0.438 e. The number of carbonyl (C=O) groups is 1. The maximum Gasteiger partial charge on any atom is 0.419 e. The van der Waals surface area contributed by atoms with Crippen LogP contribution in [0.5, 0.6) is 11.6 Å². The molecule has 0 saturated heterocycles. The highest BCUT2D eigenvalue weighted by atomic mass is 19.4. The Bertz CT molecular complexity index is 1180. The second-order valence-corrected chi connectivity index (χ2v) is 7.51. The van der Waals surface area contributed by atoms with Gasteiger partial charge in [-0.05, 0) is 49.7 Å². The van der Waals surface area contributed by atoms with Crippen molar-refractivity contribution in [3.63, 3.8) is 0 Å². The zero-order valence-electron chi connectivity index (χ0n) is 17.2. The summed E-state index contributed by atoms with van der Waals surface area (Å²) in [5, 5.41) is 11.9. The fraction of sp³-hybridized carbons (Fsp3) is 0.174. The van der Waals surface area contributed by atoms with Crippen LogP contribution < -0.4 is 15.8 Å². The van der Waals surface area contributed by atoms with Crippen LogP contribution in [-0.2, 0) is 11.6 Å². The number of nitrogens with two attached hydrogens (primary N) is 1. The molecular formula is C23H19F3N4O2. The third kappa shape index (κ3) is 5.16. The Morgan fingerprint density at radius 1 is 1.12 bits per heavy atom. The number of amides is 1. The third-order valence-corrected chi connectivity index (χ3v) is 4.64. The van der Waals surface area contributed by atoms with Crippen LogP contribution in [0.4, 0.5) is 24.5 Å². The standard InChI is InChI=1S/C23H19F3N4O2/c1-22(2,13-27)15-5-3-4-14(10-15)21(31)30-17-7-8-18(23(24,25)26)19(11-17)32-20-9-6-16(28)12-29-20/h3-12H,28H2,1-2H3,(H,30,31). The van der Waals surface area contributed by atoms with Gasteiger partial charge in [0.2, 0.25) is 5.88 Å². The number of rotatable bonds is 5. The molecule has 3 rings (SSSR count). The van der Waals surface area contributed by atoms with E-state index >= 15 is 0 Å². The van der Waals surface area contributed by atoms with Gasteiger partial charge in [0, 0.05) is 23.4 Å². The van der Waals surface area contributed by atoms with Crippen molar-refractivity contribution in [1.82, 2.24) is 4.98 Å². The summed E-state index contributed by atoms with van der Waals surface area (Å²) >= 11 is 0. The molecule has 0 atom stereocenters. The number of halogens is 3. The first-order chi connectivity index (χ1) is 15.0. The quantitative estimate of drug-likeness (QED) is 0.543. The maximum absolute atomic E-state index is 13.4. The van der Waals surface area contributed by atoms with Crippen molar-refractivity contribution in [2.75, 3.05) is 11.1 Å². The fourth-order valence-corrected chi connectivity index (χ4v) is 2.80. The molecule has 0 bridgehead atoms. The summed E-state index contributed by atoms with van der Waals surface area (Å²) in [5.41, 5.74) is 5.03. The number of nitrogens with one attached hydrogen (secondary N) is 1. The van der Waals surface area contributed by atoms with Gasteiger partial charge in [0.15, 0.2) is 0 Å². The van der Waals surface area contributed by atoms with Crippen LogP contribution in [0.3, 0.4) is 0 Å². The lowest BCUT2D eigenvalue weighted by Crippen LogP contribution is -2.17. The predicted molar refractivity (Wildman–Crippen MR) is 113 cm³/mol. The first kappa shape index (κ1) is 22.6. The van der Waals surface area contributed by atoms with E-state index in [1.165, 1.54) is 18.3 Å². The molecule has 164 valence electrons. The van der Waals surface area contributed by atoms with Gasteiger partial charge in [0.05, 0.1) is 28.9 Å². The number of hydrogen-bond donors (Lipinski definition) is 2. The van der Waals surface area contributed by atoms with E-state index in [9.17, 15) is 23.2 Å². The van der Waals surface area contributed by atoms with Gasteiger partial charge in [-0.2, -0.15) is 18.4 Å². The second-order valence-electron chi connectivity index (χ2n) is 7.51. The summed E-state index contributed by atoms with van der Waals surface area (Å²) in [4.78, 5) is 16.5. The van der Waals surface area contributed by atoms with E-state index in [1.54, 1.807) is 38.1 Å². The minimum absolute atomic E-state index is 0.0837. The summed E-state index contributed by atoms with van der Waals surface area (Å²) in [6.45, 7) is 3.43. The van der Waals surface area contributed by atoms with E-state index in [1.807, 2.05) is 0 Å². The van der Waals surface area contributed by atoms with Gasteiger partial charge in [0.1, 0.15) is 5.75 Å². The summed E-state index contributed by atoms with van der Waals surface area (Å²) in [6, 6.07) is 14.4. The van der Waals surface area contributed by atoms with E-state index in [2.05, 4.69) is 16.4 Å². The van der Waals surface area contributed by atoms with Crippen LogP contribution in [0.2, 0.25) is 0 Å². The number of carbonyl (C=O) groups excluding carboxylic acids is 1. The zero-order chi connectivity index (χ0) is 23.5. The van der Waals surface area contributed by atoms with Gasteiger partial charge in [-0.15, -0.1) is 0 Å². The molecule has 1 heterocycles. The number of nitrogens with zero attached hydrogens (tertiary/aromatic N) is 2. The van der Waals surface area contributed by atoms with Gasteiger partial charge < -0.3 is 15.8 Å². The SMILES string of the molecule is CC(C)(C#N)c1cccc(C(=O)Nc2ccc(C(F)(F)F)c(Oc3ccc(N)cn3)c2)c1. The molecule has 0 spiro atoms. The number of nitrogen functional groups attached to an aromatic ring is 1. The number of pyridine rings is 1. The molecular weight excluding hydrogens is 421 g/mol. The van der Waals surface area contributed by atoms with Crippen molar-refractivity contribution in [1.29, 1.82) is 5.26 Å². The number of anilines is 2. The van der Waals surface area contributed by atoms with Gasteiger partial charge in [-0.1, -0.05) is 12.1 Å². The van der Waals surface area contributed by atoms with Crippen LogP contribution in [-0.4, -0.2) is 10.9 Å². The molecule has 3 N–H and O–H groups in total. The second kappa shape index (κ2) is 8.59. The number of alkyl halides is 3. The van der Waals surface area contributed by atoms with E-state index in [0.717, 1.165) is 18.2 Å². The van der Waals surface area contributed by atoms with Crippen LogP contribution in [0.1, 0.15) is 35.3 Å². The highest BCUT2D eigenvalue weighted by Crippen LogP contribution is 2.39. The van der Waals surface area contributed by atoms with Crippen molar-refractivity contribution < 1.29 is 22.7 Å². The summed E-state index contributed by atoms with van der Waals surface area (Å²) in [7, 11) is 0. The van der Waals surface area contributed by atoms with Crippen LogP contribution >= 0.6 is 0 Å². The normalized spacial score (nSPS) is 11.5. The average Bonchev–Trinajstić information content (AvgIpc) is 2.75. The van der Waals surface area contributed by atoms with Gasteiger partial charge in [-0.25, -0.2) is 4.98 Å². The molecule has 0 unspecified atom stereocenters. The van der Waals surface area contributed by atoms with Gasteiger partial charge >= 0.3 is 6.18 Å². The Kier molecular flexibility index (Phi) is 6.07. The molecule has 6 nitrogen and oxygen atoms in total. The Morgan fingerprint density at radius 2 is 1.88 bits per heavy atom. The Labute approximate surface area is 182 Å². The van der Waals surface area contributed by atoms with E-state index in [0.29, 0.717) is 11.3 Å². The van der Waals surface area contributed by atoms with Crippen LogP contribution in [0.15, 0.2) is 60.8 Å². The highest BCUT2D eigenvalue weighted by Gasteiger charge is 2.35.